The molecule has 4 aromatic rings. The van der Waals surface area contributed by atoms with Crippen molar-refractivity contribution < 1.29 is 14.3 Å². The maximum Gasteiger partial charge on any atom is 0.255 e. The van der Waals surface area contributed by atoms with Gasteiger partial charge in [-0.25, -0.2) is 4.98 Å². The van der Waals surface area contributed by atoms with Crippen molar-refractivity contribution in [2.75, 3.05) is 23.3 Å². The van der Waals surface area contributed by atoms with E-state index < -0.39 is 5.91 Å². The fourth-order valence-electron chi connectivity index (χ4n) is 4.48. The van der Waals surface area contributed by atoms with Crippen LogP contribution in [-0.4, -0.2) is 34.3 Å². The molecule has 1 fully saturated rings. The fourth-order valence-corrected chi connectivity index (χ4v) is 4.48. The van der Waals surface area contributed by atoms with E-state index in [4.69, 9.17) is 10.5 Å². The van der Waals surface area contributed by atoms with Crippen LogP contribution in [0.15, 0.2) is 67.0 Å². The van der Waals surface area contributed by atoms with Crippen molar-refractivity contribution in [2.45, 2.75) is 32.8 Å². The largest absolute Gasteiger partial charge is 0.487 e. The number of carbonyl (C=O) groups is 2. The standard InChI is InChI=1S/C28H29N5O3/c1-19-5-12-26-30-22(17-33(26)16-19)18-36-23-9-6-20(7-10-23)28(35)31-24-15-21(27(29)34)8-11-25(24)32-13-3-2-4-14-32/h5-12,15-17H,2-4,13-14,18H2,1H3,(H2,29,34)(H,31,35). The van der Waals surface area contributed by atoms with Crippen molar-refractivity contribution in [3.05, 3.63) is 89.4 Å². The van der Waals surface area contributed by atoms with Gasteiger partial charge in [0.1, 0.15) is 18.0 Å². The summed E-state index contributed by atoms with van der Waals surface area (Å²) >= 11 is 0. The summed E-state index contributed by atoms with van der Waals surface area (Å²) in [7, 11) is 0. The molecule has 0 bridgehead atoms. The number of carbonyl (C=O) groups excluding carboxylic acids is 2. The molecule has 0 aliphatic carbocycles. The smallest absolute Gasteiger partial charge is 0.255 e. The number of nitrogens with two attached hydrogens (primary N) is 1. The number of piperidine rings is 1. The predicted molar refractivity (Wildman–Crippen MR) is 140 cm³/mol. The zero-order chi connectivity index (χ0) is 25.1. The lowest BCUT2D eigenvalue weighted by Crippen LogP contribution is -2.30. The van der Waals surface area contributed by atoms with Crippen molar-refractivity contribution in [1.29, 1.82) is 0 Å². The number of nitrogens with one attached hydrogen (secondary N) is 1. The van der Waals surface area contributed by atoms with Crippen LogP contribution in [0.25, 0.3) is 5.65 Å². The Hall–Kier alpha value is -4.33. The second kappa shape index (κ2) is 10.1. The Balaban J connectivity index is 1.27. The van der Waals surface area contributed by atoms with Crippen LogP contribution in [-0.2, 0) is 6.61 Å². The third kappa shape index (κ3) is 5.17. The van der Waals surface area contributed by atoms with Crippen molar-refractivity contribution in [3.63, 3.8) is 0 Å². The number of anilines is 2. The molecule has 3 heterocycles. The molecular formula is C28H29N5O3. The van der Waals surface area contributed by atoms with E-state index in [1.54, 1.807) is 36.4 Å². The molecule has 0 radical (unpaired) electrons. The summed E-state index contributed by atoms with van der Waals surface area (Å²) in [4.78, 5) is 31.6. The molecule has 1 saturated heterocycles. The summed E-state index contributed by atoms with van der Waals surface area (Å²) in [6.07, 6.45) is 7.37. The lowest BCUT2D eigenvalue weighted by Gasteiger charge is -2.30. The number of ether oxygens (including phenoxy) is 1. The number of imidazole rings is 1. The highest BCUT2D eigenvalue weighted by atomic mass is 16.5. The molecule has 2 aromatic heterocycles. The second-order valence-corrected chi connectivity index (χ2v) is 9.12. The highest BCUT2D eigenvalue weighted by Gasteiger charge is 2.18. The van der Waals surface area contributed by atoms with E-state index in [-0.39, 0.29) is 5.91 Å². The predicted octanol–water partition coefficient (Wildman–Crippen LogP) is 4.56. The Morgan fingerprint density at radius 1 is 0.972 bits per heavy atom. The summed E-state index contributed by atoms with van der Waals surface area (Å²) in [6, 6.07) is 16.2. The van der Waals surface area contributed by atoms with Crippen molar-refractivity contribution in [1.82, 2.24) is 9.38 Å². The first-order valence-electron chi connectivity index (χ1n) is 12.1. The number of rotatable bonds is 7. The maximum atomic E-state index is 13.0. The number of aryl methyl sites for hydroxylation is 1. The number of aromatic nitrogens is 2. The van der Waals surface area contributed by atoms with E-state index in [9.17, 15) is 9.59 Å². The van der Waals surface area contributed by atoms with Gasteiger partial charge in [-0.2, -0.15) is 0 Å². The van der Waals surface area contributed by atoms with Gasteiger partial charge < -0.3 is 25.1 Å². The van der Waals surface area contributed by atoms with Gasteiger partial charge in [0.15, 0.2) is 0 Å². The molecule has 184 valence electrons. The SMILES string of the molecule is Cc1ccc2nc(COc3ccc(C(=O)Nc4cc(C(N)=O)ccc4N4CCCCC4)cc3)cn2c1. The van der Waals surface area contributed by atoms with Gasteiger partial charge in [-0.05, 0) is 80.3 Å². The van der Waals surface area contributed by atoms with Crippen LogP contribution < -0.4 is 20.7 Å². The average molecular weight is 484 g/mol. The molecule has 8 heteroatoms. The second-order valence-electron chi connectivity index (χ2n) is 9.12. The van der Waals surface area contributed by atoms with Crippen molar-refractivity contribution >= 4 is 28.8 Å². The van der Waals surface area contributed by atoms with Gasteiger partial charge in [0.2, 0.25) is 5.91 Å². The van der Waals surface area contributed by atoms with Crippen molar-refractivity contribution in [3.8, 4) is 5.75 Å². The molecule has 36 heavy (non-hydrogen) atoms. The van der Waals surface area contributed by atoms with Gasteiger partial charge in [-0.1, -0.05) is 6.07 Å². The van der Waals surface area contributed by atoms with Gasteiger partial charge in [-0.3, -0.25) is 9.59 Å². The zero-order valence-electron chi connectivity index (χ0n) is 20.2. The first kappa shape index (κ1) is 23.4. The minimum atomic E-state index is -0.530. The van der Waals surface area contributed by atoms with Gasteiger partial charge in [0.05, 0.1) is 17.1 Å². The molecule has 0 atom stereocenters. The van der Waals surface area contributed by atoms with E-state index in [2.05, 4.69) is 15.2 Å². The molecular weight excluding hydrogens is 454 g/mol. The topological polar surface area (TPSA) is 102 Å². The molecule has 3 N–H and O–H groups in total. The van der Waals surface area contributed by atoms with Crippen LogP contribution in [0, 0.1) is 6.92 Å². The van der Waals surface area contributed by atoms with Gasteiger partial charge >= 0.3 is 0 Å². The summed E-state index contributed by atoms with van der Waals surface area (Å²) < 4.78 is 7.86. The summed E-state index contributed by atoms with van der Waals surface area (Å²) in [5, 5.41) is 2.97. The number of nitrogens with zero attached hydrogens (tertiary/aromatic N) is 3. The molecule has 2 aromatic carbocycles. The van der Waals surface area contributed by atoms with Crippen LogP contribution in [0.2, 0.25) is 0 Å². The van der Waals surface area contributed by atoms with Gasteiger partial charge in [-0.15, -0.1) is 0 Å². The molecule has 2 amide bonds. The first-order chi connectivity index (χ1) is 17.5. The van der Waals surface area contributed by atoms with E-state index in [1.165, 1.54) is 6.42 Å². The Kier molecular flexibility index (Phi) is 6.58. The molecule has 1 aliphatic heterocycles. The monoisotopic (exact) mass is 483 g/mol. The van der Waals surface area contributed by atoms with E-state index in [1.807, 2.05) is 41.9 Å². The quantitative estimate of drug-likeness (QED) is 0.401. The highest BCUT2D eigenvalue weighted by molar-refractivity contribution is 6.07. The average Bonchev–Trinajstić information content (AvgIpc) is 3.30. The van der Waals surface area contributed by atoms with Gasteiger partial charge in [0, 0.05) is 36.6 Å². The normalized spacial score (nSPS) is 13.5. The summed E-state index contributed by atoms with van der Waals surface area (Å²) in [5.74, 6) is -0.153. The minimum Gasteiger partial charge on any atom is -0.487 e. The molecule has 5 rings (SSSR count). The highest BCUT2D eigenvalue weighted by Crippen LogP contribution is 2.30. The van der Waals surface area contributed by atoms with Crippen LogP contribution in [0.4, 0.5) is 11.4 Å². The molecule has 8 nitrogen and oxygen atoms in total. The molecule has 0 spiro atoms. The Labute approximate surface area is 209 Å². The van der Waals surface area contributed by atoms with Crippen LogP contribution >= 0.6 is 0 Å². The number of hydrogen-bond donors (Lipinski definition) is 2. The number of primary amides is 1. The lowest BCUT2D eigenvalue weighted by atomic mass is 10.1. The number of benzene rings is 2. The van der Waals surface area contributed by atoms with E-state index >= 15 is 0 Å². The van der Waals surface area contributed by atoms with Gasteiger partial charge in [0.25, 0.3) is 5.91 Å². The summed E-state index contributed by atoms with van der Waals surface area (Å²) in [5.41, 5.74) is 10.7. The molecule has 0 saturated carbocycles. The van der Waals surface area contributed by atoms with Crippen molar-refractivity contribution in [2.24, 2.45) is 5.73 Å². The number of hydrogen-bond acceptors (Lipinski definition) is 5. The van der Waals surface area contributed by atoms with E-state index in [0.29, 0.717) is 29.2 Å². The molecule has 1 aliphatic rings. The number of fused-ring (bicyclic) bond motifs is 1. The Bertz CT molecular complexity index is 1400. The number of amides is 2. The first-order valence-corrected chi connectivity index (χ1v) is 12.1. The van der Waals surface area contributed by atoms with Crippen LogP contribution in [0.1, 0.15) is 51.2 Å². The van der Waals surface area contributed by atoms with Crippen LogP contribution in [0.3, 0.4) is 0 Å². The maximum absolute atomic E-state index is 13.0. The zero-order valence-corrected chi connectivity index (χ0v) is 20.2. The van der Waals surface area contributed by atoms with Crippen LogP contribution in [0.5, 0.6) is 5.75 Å². The number of pyridine rings is 1. The fraction of sp³-hybridized carbons (Fsp3) is 0.250. The Morgan fingerprint density at radius 3 is 2.47 bits per heavy atom. The Morgan fingerprint density at radius 2 is 1.72 bits per heavy atom. The van der Waals surface area contributed by atoms with E-state index in [0.717, 1.165) is 48.5 Å². The lowest BCUT2D eigenvalue weighted by molar-refractivity contribution is 0.0996. The third-order valence-corrected chi connectivity index (χ3v) is 6.38. The molecule has 0 unspecified atom stereocenters. The summed E-state index contributed by atoms with van der Waals surface area (Å²) in [6.45, 7) is 4.19. The third-order valence-electron chi connectivity index (χ3n) is 6.38. The minimum absolute atomic E-state index is 0.267.